The van der Waals surface area contributed by atoms with Crippen molar-refractivity contribution in [3.63, 3.8) is 0 Å². The third kappa shape index (κ3) is 10.5. The molecule has 0 aliphatic rings. The first kappa shape index (κ1) is 27.4. The molecule has 0 aliphatic heterocycles. The maximum absolute atomic E-state index is 12.6. The van der Waals surface area contributed by atoms with E-state index in [2.05, 4.69) is 16.0 Å². The quantitative estimate of drug-likeness (QED) is 0.179. The van der Waals surface area contributed by atoms with Gasteiger partial charge in [-0.3, -0.25) is 19.2 Å². The summed E-state index contributed by atoms with van der Waals surface area (Å²) in [5, 5.41) is 25.6. The van der Waals surface area contributed by atoms with Crippen molar-refractivity contribution in [3.05, 3.63) is 29.8 Å². The van der Waals surface area contributed by atoms with Gasteiger partial charge in [-0.2, -0.15) is 0 Å². The zero-order chi connectivity index (χ0) is 25.1. The number of primary amides is 1. The van der Waals surface area contributed by atoms with Crippen molar-refractivity contribution in [2.75, 3.05) is 6.54 Å². The fourth-order valence-corrected chi connectivity index (χ4v) is 2.91. The SMILES string of the molecule is CC(C)C[C@H](N)C(=O)NCC(=O)N[C@@H](CC(N)=O)C(=O)N[C@@H](Cc1ccc(O)cc1)C(=O)O. The molecule has 182 valence electrons. The molecule has 1 aromatic carbocycles. The van der Waals surface area contributed by atoms with Gasteiger partial charge in [0.15, 0.2) is 0 Å². The molecule has 3 atom stereocenters. The van der Waals surface area contributed by atoms with Crippen molar-refractivity contribution in [2.45, 2.75) is 51.2 Å². The summed E-state index contributed by atoms with van der Waals surface area (Å²) >= 11 is 0. The smallest absolute Gasteiger partial charge is 0.326 e. The van der Waals surface area contributed by atoms with E-state index in [0.29, 0.717) is 12.0 Å². The number of amides is 4. The lowest BCUT2D eigenvalue weighted by Gasteiger charge is -2.21. The Balaban J connectivity index is 2.76. The first-order chi connectivity index (χ1) is 15.4. The van der Waals surface area contributed by atoms with Crippen LogP contribution in [0, 0.1) is 5.92 Å². The van der Waals surface area contributed by atoms with E-state index in [4.69, 9.17) is 11.5 Å². The fourth-order valence-electron chi connectivity index (χ4n) is 2.91. The molecule has 0 saturated heterocycles. The highest BCUT2D eigenvalue weighted by Gasteiger charge is 2.28. The van der Waals surface area contributed by atoms with E-state index in [9.17, 15) is 34.2 Å². The number of carbonyl (C=O) groups excluding carboxylic acids is 4. The Morgan fingerprint density at radius 3 is 2.09 bits per heavy atom. The van der Waals surface area contributed by atoms with E-state index in [-0.39, 0.29) is 18.1 Å². The molecule has 0 aliphatic carbocycles. The van der Waals surface area contributed by atoms with Gasteiger partial charge in [-0.05, 0) is 30.0 Å². The number of nitrogens with two attached hydrogens (primary N) is 2. The molecule has 1 rings (SSSR count). The summed E-state index contributed by atoms with van der Waals surface area (Å²) in [4.78, 5) is 59.7. The fraction of sp³-hybridized carbons (Fsp3) is 0.476. The standard InChI is InChI=1S/C21H31N5O7/c1-11(2)7-14(22)19(30)24-10-18(29)25-15(9-17(23)28)20(31)26-16(21(32)33)8-12-3-5-13(27)6-4-12/h3-6,11,14-16,27H,7-10,22H2,1-2H3,(H2,23,28)(H,24,30)(H,25,29)(H,26,31)(H,32,33)/t14-,15-,16-/m0/s1. The largest absolute Gasteiger partial charge is 0.508 e. The third-order valence-corrected chi connectivity index (χ3v) is 4.53. The number of nitrogens with one attached hydrogen (secondary N) is 3. The van der Waals surface area contributed by atoms with Gasteiger partial charge < -0.3 is 37.6 Å². The number of phenolic OH excluding ortho intramolecular Hbond substituents is 1. The van der Waals surface area contributed by atoms with Crippen LogP contribution in [0.2, 0.25) is 0 Å². The highest BCUT2D eigenvalue weighted by molar-refractivity contribution is 5.95. The lowest BCUT2D eigenvalue weighted by Crippen LogP contribution is -2.55. The Morgan fingerprint density at radius 1 is 0.970 bits per heavy atom. The minimum atomic E-state index is -1.45. The minimum absolute atomic E-state index is 0.00357. The number of hydrogen-bond donors (Lipinski definition) is 7. The molecule has 0 unspecified atom stereocenters. The van der Waals surface area contributed by atoms with Crippen LogP contribution in [0.15, 0.2) is 24.3 Å². The number of carbonyl (C=O) groups is 5. The van der Waals surface area contributed by atoms with Crippen molar-refractivity contribution in [1.29, 1.82) is 0 Å². The number of aromatic hydroxyl groups is 1. The lowest BCUT2D eigenvalue weighted by molar-refractivity contribution is -0.142. The van der Waals surface area contributed by atoms with Crippen LogP contribution in [0.25, 0.3) is 0 Å². The Hall–Kier alpha value is -3.67. The van der Waals surface area contributed by atoms with Crippen LogP contribution in [0.5, 0.6) is 5.75 Å². The van der Waals surface area contributed by atoms with Gasteiger partial charge >= 0.3 is 5.97 Å². The maximum Gasteiger partial charge on any atom is 0.326 e. The van der Waals surface area contributed by atoms with Gasteiger partial charge in [-0.25, -0.2) is 4.79 Å². The van der Waals surface area contributed by atoms with E-state index in [1.165, 1.54) is 24.3 Å². The topological polar surface area (TPSA) is 214 Å². The number of carboxylic acid groups (broad SMARTS) is 1. The summed E-state index contributed by atoms with van der Waals surface area (Å²) in [6.07, 6.45) is -0.274. The van der Waals surface area contributed by atoms with E-state index in [0.717, 1.165) is 0 Å². The van der Waals surface area contributed by atoms with Crippen molar-refractivity contribution in [3.8, 4) is 5.75 Å². The number of carboxylic acids is 1. The number of hydrogen-bond acceptors (Lipinski definition) is 7. The molecule has 0 aromatic heterocycles. The molecule has 0 radical (unpaired) electrons. The number of benzene rings is 1. The number of phenols is 1. The van der Waals surface area contributed by atoms with Gasteiger partial charge in [-0.1, -0.05) is 26.0 Å². The van der Waals surface area contributed by atoms with E-state index in [1.807, 2.05) is 13.8 Å². The molecule has 4 amide bonds. The second kappa shape index (κ2) is 13.0. The van der Waals surface area contributed by atoms with Crippen LogP contribution in [0.1, 0.15) is 32.3 Å². The van der Waals surface area contributed by atoms with Gasteiger partial charge in [0.05, 0.1) is 19.0 Å². The predicted molar refractivity (Wildman–Crippen MR) is 118 cm³/mol. The second-order valence-corrected chi connectivity index (χ2v) is 8.01. The van der Waals surface area contributed by atoms with Gasteiger partial charge in [0.1, 0.15) is 17.8 Å². The van der Waals surface area contributed by atoms with Crippen LogP contribution in [-0.2, 0) is 30.4 Å². The van der Waals surface area contributed by atoms with Crippen molar-refractivity contribution < 1.29 is 34.2 Å². The zero-order valence-electron chi connectivity index (χ0n) is 18.5. The Labute approximate surface area is 191 Å². The Morgan fingerprint density at radius 2 is 1.58 bits per heavy atom. The Kier molecular flexibility index (Phi) is 10.8. The van der Waals surface area contributed by atoms with E-state index in [1.54, 1.807) is 0 Å². The summed E-state index contributed by atoms with van der Waals surface area (Å²) in [6.45, 7) is 3.28. The molecule has 12 nitrogen and oxygen atoms in total. The van der Waals surface area contributed by atoms with Crippen LogP contribution >= 0.6 is 0 Å². The molecular weight excluding hydrogens is 434 g/mol. The Bertz CT molecular complexity index is 857. The van der Waals surface area contributed by atoms with Crippen LogP contribution in [0.4, 0.5) is 0 Å². The normalized spacial score (nSPS) is 13.5. The molecular formula is C21H31N5O7. The van der Waals surface area contributed by atoms with Crippen molar-refractivity contribution >= 4 is 29.6 Å². The minimum Gasteiger partial charge on any atom is -0.508 e. The average molecular weight is 466 g/mol. The number of aliphatic carboxylic acids is 1. The van der Waals surface area contributed by atoms with Gasteiger partial charge in [-0.15, -0.1) is 0 Å². The first-order valence-electron chi connectivity index (χ1n) is 10.3. The van der Waals surface area contributed by atoms with Gasteiger partial charge in [0.25, 0.3) is 0 Å². The predicted octanol–water partition coefficient (Wildman–Crippen LogP) is -1.65. The maximum atomic E-state index is 12.6. The monoisotopic (exact) mass is 465 g/mol. The van der Waals surface area contributed by atoms with Crippen molar-refractivity contribution in [1.82, 2.24) is 16.0 Å². The highest BCUT2D eigenvalue weighted by atomic mass is 16.4. The average Bonchev–Trinajstić information content (AvgIpc) is 2.71. The van der Waals surface area contributed by atoms with E-state index >= 15 is 0 Å². The highest BCUT2D eigenvalue weighted by Crippen LogP contribution is 2.11. The molecule has 9 N–H and O–H groups in total. The summed E-state index contributed by atoms with van der Waals surface area (Å²) in [7, 11) is 0. The van der Waals surface area contributed by atoms with Crippen LogP contribution in [-0.4, -0.2) is 64.5 Å². The summed E-state index contributed by atoms with van der Waals surface area (Å²) < 4.78 is 0. The molecule has 0 saturated carbocycles. The number of rotatable bonds is 13. The summed E-state index contributed by atoms with van der Waals surface area (Å²) in [5.41, 5.74) is 11.4. The molecule has 0 heterocycles. The lowest BCUT2D eigenvalue weighted by atomic mass is 10.0. The zero-order valence-corrected chi connectivity index (χ0v) is 18.5. The second-order valence-electron chi connectivity index (χ2n) is 8.01. The van der Waals surface area contributed by atoms with Crippen molar-refractivity contribution in [2.24, 2.45) is 17.4 Å². The molecule has 0 fully saturated rings. The van der Waals surface area contributed by atoms with Crippen LogP contribution < -0.4 is 27.4 Å². The molecule has 0 bridgehead atoms. The molecule has 12 heteroatoms. The summed E-state index contributed by atoms with van der Waals surface area (Å²) in [5.74, 6) is -4.34. The third-order valence-electron chi connectivity index (χ3n) is 4.53. The molecule has 33 heavy (non-hydrogen) atoms. The van der Waals surface area contributed by atoms with Gasteiger partial charge in [0, 0.05) is 6.42 Å². The first-order valence-corrected chi connectivity index (χ1v) is 10.3. The summed E-state index contributed by atoms with van der Waals surface area (Å²) in [6, 6.07) is 2.10. The van der Waals surface area contributed by atoms with E-state index < -0.39 is 60.7 Å². The van der Waals surface area contributed by atoms with Crippen LogP contribution in [0.3, 0.4) is 0 Å². The molecule has 0 spiro atoms. The van der Waals surface area contributed by atoms with Gasteiger partial charge in [0.2, 0.25) is 23.6 Å². The molecule has 1 aromatic rings.